The first-order valence-electron chi connectivity index (χ1n) is 8.06. The molecule has 6 nitrogen and oxygen atoms in total. The highest BCUT2D eigenvalue weighted by Crippen LogP contribution is 2.31. The van der Waals surface area contributed by atoms with Gasteiger partial charge in [0.2, 0.25) is 0 Å². The maximum Gasteiger partial charge on any atom is 0.135 e. The summed E-state index contributed by atoms with van der Waals surface area (Å²) in [6, 6.07) is 6.85. The predicted octanol–water partition coefficient (Wildman–Crippen LogP) is 2.74. The van der Waals surface area contributed by atoms with Gasteiger partial charge in [0, 0.05) is 37.4 Å². The van der Waals surface area contributed by atoms with E-state index in [1.807, 2.05) is 17.8 Å². The van der Waals surface area contributed by atoms with Crippen molar-refractivity contribution in [3.63, 3.8) is 0 Å². The van der Waals surface area contributed by atoms with E-state index in [0.29, 0.717) is 6.04 Å². The second-order valence-electron chi connectivity index (χ2n) is 6.50. The molecule has 0 spiro atoms. The molecule has 2 heterocycles. The topological polar surface area (TPSA) is 60.0 Å². The van der Waals surface area contributed by atoms with E-state index in [4.69, 9.17) is 4.63 Å². The van der Waals surface area contributed by atoms with Crippen molar-refractivity contribution < 1.29 is 4.63 Å². The van der Waals surface area contributed by atoms with Crippen molar-refractivity contribution in [2.75, 3.05) is 0 Å². The zero-order chi connectivity index (χ0) is 16.0. The highest BCUT2D eigenvalue weighted by Gasteiger charge is 2.30. The fraction of sp³-hybridized carbons (Fsp3) is 0.471. The molecule has 0 bridgehead atoms. The van der Waals surface area contributed by atoms with Gasteiger partial charge in [0.25, 0.3) is 0 Å². The van der Waals surface area contributed by atoms with E-state index >= 15 is 0 Å². The number of hydrogen-bond donors (Lipinski definition) is 0. The van der Waals surface area contributed by atoms with Crippen molar-refractivity contribution in [2.24, 2.45) is 7.05 Å². The van der Waals surface area contributed by atoms with E-state index in [1.54, 1.807) is 0 Å². The molecule has 1 aromatic carbocycles. The number of aromatic nitrogens is 4. The third-order valence-electron chi connectivity index (χ3n) is 4.79. The molecular formula is C17H21N5O. The van der Waals surface area contributed by atoms with Crippen LogP contribution in [0.15, 0.2) is 22.8 Å². The lowest BCUT2D eigenvalue weighted by atomic mass is 10.1. The summed E-state index contributed by atoms with van der Waals surface area (Å²) in [5.74, 6) is 0. The third-order valence-corrected chi connectivity index (χ3v) is 4.79. The number of nitrogens with zero attached hydrogens (tertiary/aromatic N) is 5. The molecule has 1 aliphatic carbocycles. The third kappa shape index (κ3) is 2.74. The molecule has 2 aromatic heterocycles. The van der Waals surface area contributed by atoms with Crippen LogP contribution in [-0.4, -0.2) is 31.0 Å². The van der Waals surface area contributed by atoms with Crippen LogP contribution < -0.4 is 0 Å². The summed E-state index contributed by atoms with van der Waals surface area (Å²) in [6.45, 7) is 6.11. The number of hydrogen-bond acceptors (Lipinski definition) is 5. The largest absolute Gasteiger partial charge is 0.292 e. The van der Waals surface area contributed by atoms with E-state index in [-0.39, 0.29) is 0 Å². The minimum Gasteiger partial charge on any atom is -0.292 e. The maximum absolute atomic E-state index is 4.79. The number of fused-ring (bicyclic) bond motifs is 1. The first-order valence-corrected chi connectivity index (χ1v) is 8.06. The fourth-order valence-electron chi connectivity index (χ4n) is 3.16. The van der Waals surface area contributed by atoms with Crippen molar-refractivity contribution >= 4 is 11.0 Å². The molecule has 1 fully saturated rings. The quantitative estimate of drug-likeness (QED) is 0.725. The number of rotatable bonds is 5. The molecule has 1 saturated carbocycles. The van der Waals surface area contributed by atoms with Crippen LogP contribution in [-0.2, 0) is 20.1 Å². The maximum atomic E-state index is 4.79. The molecule has 0 N–H and O–H groups in total. The Morgan fingerprint density at radius 2 is 1.96 bits per heavy atom. The van der Waals surface area contributed by atoms with Crippen LogP contribution >= 0.6 is 0 Å². The molecule has 0 saturated heterocycles. The summed E-state index contributed by atoms with van der Waals surface area (Å²) in [6.07, 6.45) is 2.57. The molecule has 0 amide bonds. The van der Waals surface area contributed by atoms with Crippen LogP contribution in [0, 0.1) is 13.8 Å². The lowest BCUT2D eigenvalue weighted by Crippen LogP contribution is -2.25. The lowest BCUT2D eigenvalue weighted by molar-refractivity contribution is 0.245. The Morgan fingerprint density at radius 1 is 1.17 bits per heavy atom. The first kappa shape index (κ1) is 14.4. The SMILES string of the molecule is Cc1nn(C)c(C)c1CN(Cc1ccc2nonc2c1)C1CC1. The van der Waals surface area contributed by atoms with Gasteiger partial charge >= 0.3 is 0 Å². The Bertz CT molecular complexity index is 846. The van der Waals surface area contributed by atoms with Gasteiger partial charge in [-0.05, 0) is 54.7 Å². The Balaban J connectivity index is 1.58. The van der Waals surface area contributed by atoms with Crippen molar-refractivity contribution in [2.45, 2.75) is 45.8 Å². The van der Waals surface area contributed by atoms with Crippen LogP contribution in [0.4, 0.5) is 0 Å². The van der Waals surface area contributed by atoms with E-state index in [9.17, 15) is 0 Å². The lowest BCUT2D eigenvalue weighted by Gasteiger charge is -2.22. The summed E-state index contributed by atoms with van der Waals surface area (Å²) >= 11 is 0. The molecule has 1 aliphatic rings. The van der Waals surface area contributed by atoms with Gasteiger partial charge in [-0.3, -0.25) is 9.58 Å². The van der Waals surface area contributed by atoms with Gasteiger partial charge in [-0.2, -0.15) is 5.10 Å². The van der Waals surface area contributed by atoms with E-state index in [2.05, 4.69) is 46.3 Å². The highest BCUT2D eigenvalue weighted by atomic mass is 16.6. The normalized spacial score (nSPS) is 15.0. The summed E-state index contributed by atoms with van der Waals surface area (Å²) in [4.78, 5) is 2.55. The van der Waals surface area contributed by atoms with Crippen LogP contribution in [0.1, 0.15) is 35.4 Å². The zero-order valence-electron chi connectivity index (χ0n) is 13.8. The minimum absolute atomic E-state index is 0.681. The Hall–Kier alpha value is -2.21. The average molecular weight is 311 g/mol. The molecule has 0 unspecified atom stereocenters. The molecule has 0 atom stereocenters. The molecule has 4 rings (SSSR count). The van der Waals surface area contributed by atoms with Crippen LogP contribution in [0.2, 0.25) is 0 Å². The van der Waals surface area contributed by atoms with E-state index in [0.717, 1.165) is 29.8 Å². The van der Waals surface area contributed by atoms with Gasteiger partial charge in [-0.15, -0.1) is 0 Å². The van der Waals surface area contributed by atoms with Gasteiger partial charge in [0.1, 0.15) is 11.0 Å². The Labute approximate surface area is 135 Å². The second kappa shape index (κ2) is 5.45. The van der Waals surface area contributed by atoms with Gasteiger partial charge in [0.15, 0.2) is 0 Å². The Morgan fingerprint density at radius 3 is 2.65 bits per heavy atom. The molecule has 120 valence electrons. The molecular weight excluding hydrogens is 290 g/mol. The summed E-state index contributed by atoms with van der Waals surface area (Å²) in [5.41, 5.74) is 6.62. The summed E-state index contributed by atoms with van der Waals surface area (Å²) in [7, 11) is 2.01. The van der Waals surface area contributed by atoms with Crippen molar-refractivity contribution in [1.29, 1.82) is 0 Å². The molecule has 6 heteroatoms. The first-order chi connectivity index (χ1) is 11.1. The fourth-order valence-corrected chi connectivity index (χ4v) is 3.16. The molecule has 0 radical (unpaired) electrons. The van der Waals surface area contributed by atoms with E-state index < -0.39 is 0 Å². The van der Waals surface area contributed by atoms with Gasteiger partial charge < -0.3 is 0 Å². The van der Waals surface area contributed by atoms with Gasteiger partial charge in [0.05, 0.1) is 5.69 Å². The van der Waals surface area contributed by atoms with Gasteiger partial charge in [-0.25, -0.2) is 4.63 Å². The standard InChI is InChI=1S/C17H21N5O/c1-11-15(12(2)21(3)18-11)10-22(14-5-6-14)9-13-4-7-16-17(8-13)20-23-19-16/h4,7-8,14H,5-6,9-10H2,1-3H3. The predicted molar refractivity (Wildman–Crippen MR) is 86.8 cm³/mol. The molecule has 3 aromatic rings. The number of benzene rings is 1. The van der Waals surface area contributed by atoms with Crippen molar-refractivity contribution in [3.05, 3.63) is 40.7 Å². The van der Waals surface area contributed by atoms with E-state index in [1.165, 1.54) is 29.7 Å². The Kier molecular flexibility index (Phi) is 3.41. The average Bonchev–Trinajstić information content (AvgIpc) is 3.22. The second-order valence-corrected chi connectivity index (χ2v) is 6.50. The zero-order valence-corrected chi connectivity index (χ0v) is 13.8. The summed E-state index contributed by atoms with van der Waals surface area (Å²) < 4.78 is 6.76. The summed E-state index contributed by atoms with van der Waals surface area (Å²) in [5, 5.41) is 12.4. The minimum atomic E-state index is 0.681. The number of aryl methyl sites for hydroxylation is 2. The van der Waals surface area contributed by atoms with Crippen molar-refractivity contribution in [1.82, 2.24) is 25.0 Å². The van der Waals surface area contributed by atoms with Crippen molar-refractivity contribution in [3.8, 4) is 0 Å². The van der Waals surface area contributed by atoms with Crippen LogP contribution in [0.3, 0.4) is 0 Å². The highest BCUT2D eigenvalue weighted by molar-refractivity contribution is 5.73. The molecule has 23 heavy (non-hydrogen) atoms. The monoisotopic (exact) mass is 311 g/mol. The van der Waals surface area contributed by atoms with Crippen LogP contribution in [0.5, 0.6) is 0 Å². The van der Waals surface area contributed by atoms with Crippen LogP contribution in [0.25, 0.3) is 11.0 Å². The molecule has 0 aliphatic heterocycles. The van der Waals surface area contributed by atoms with Gasteiger partial charge in [-0.1, -0.05) is 6.07 Å². The smallest absolute Gasteiger partial charge is 0.135 e.